The SMILES string of the molecule is CCCCCCCCCCCCCC=C[C@H](O)[C@@H](COC1OC(CO)C(OC2OC(CO)C(OC3OC(CO)C(O)C(O)C3NC(C)=O)C(O)C2O)C(O)C1O)NC(=O)CCCCCCCCCCCCCCCCC. The zero-order valence-corrected chi connectivity index (χ0v) is 46.3. The topological polar surface area (TPSA) is 316 Å². The number of unbranched alkanes of at least 4 members (excludes halogenated alkanes) is 25. The first-order valence-corrected chi connectivity index (χ1v) is 29.4. The van der Waals surface area contributed by atoms with Crippen LogP contribution < -0.4 is 10.6 Å². The Morgan fingerprint density at radius 2 is 0.921 bits per heavy atom. The minimum Gasteiger partial charge on any atom is -0.394 e. The van der Waals surface area contributed by atoms with E-state index in [1.54, 1.807) is 6.08 Å². The molecular weight excluding hydrogens is 989 g/mol. The van der Waals surface area contributed by atoms with Crippen molar-refractivity contribution in [1.82, 2.24) is 10.6 Å². The van der Waals surface area contributed by atoms with Crippen LogP contribution >= 0.6 is 0 Å². The molecule has 15 unspecified atom stereocenters. The molecule has 3 aliphatic heterocycles. The van der Waals surface area contributed by atoms with Crippen molar-refractivity contribution >= 4 is 11.8 Å². The monoisotopic (exact) mass is 1090 g/mol. The highest BCUT2D eigenvalue weighted by Gasteiger charge is 2.54. The van der Waals surface area contributed by atoms with Gasteiger partial charge in [-0.2, -0.15) is 0 Å². The molecule has 446 valence electrons. The molecule has 0 radical (unpaired) electrons. The molecule has 2 amide bonds. The van der Waals surface area contributed by atoms with Crippen LogP contribution in [0.3, 0.4) is 0 Å². The molecule has 3 aliphatic rings. The summed E-state index contributed by atoms with van der Waals surface area (Å²) in [6, 6.07) is -2.40. The predicted molar refractivity (Wildman–Crippen MR) is 284 cm³/mol. The lowest BCUT2D eigenvalue weighted by atomic mass is 9.95. The Morgan fingerprint density at radius 1 is 0.513 bits per heavy atom. The van der Waals surface area contributed by atoms with E-state index >= 15 is 0 Å². The average Bonchev–Trinajstić information content (AvgIpc) is 3.41. The van der Waals surface area contributed by atoms with Gasteiger partial charge in [-0.1, -0.05) is 180 Å². The van der Waals surface area contributed by atoms with E-state index in [0.717, 1.165) is 51.9 Å². The van der Waals surface area contributed by atoms with Gasteiger partial charge in [0.2, 0.25) is 11.8 Å². The summed E-state index contributed by atoms with van der Waals surface area (Å²) >= 11 is 0. The quantitative estimate of drug-likeness (QED) is 0.0304. The Hall–Kier alpha value is -1.96. The standard InChI is InChI=1S/C56H104N2O18/c1-4-6-8-10-12-14-16-18-19-21-23-25-27-29-31-33-44(64)58-39(40(63)32-30-28-26-24-22-20-17-15-13-11-9-7-5-2)37-71-55-50(69)48(67)53(42(35-60)73-55)76-56-51(70)49(68)52(43(36-61)74-56)75-54-45(57-38(3)62)47(66)46(65)41(34-59)72-54/h30,32,39-43,45-56,59-61,63,65-70H,4-29,31,33-37H2,1-3H3,(H,57,62)(H,58,64)/t39-,40+,41?,42?,43?,45?,46?,47?,48?,49?,50?,51?,52?,53?,54?,55?,56?/m1/s1. The van der Waals surface area contributed by atoms with Gasteiger partial charge in [0.05, 0.1) is 38.6 Å². The summed E-state index contributed by atoms with van der Waals surface area (Å²) in [6.07, 6.45) is 11.1. The molecular formula is C56H104N2O18. The van der Waals surface area contributed by atoms with Crippen LogP contribution in [0.4, 0.5) is 0 Å². The normalized spacial score (nSPS) is 30.9. The number of hydrogen-bond donors (Lipinski definition) is 12. The average molecular weight is 1090 g/mol. The minimum atomic E-state index is -1.99. The number of allylic oxidation sites excluding steroid dienone is 1. The van der Waals surface area contributed by atoms with Gasteiger partial charge in [0.15, 0.2) is 18.9 Å². The molecule has 12 N–H and O–H groups in total. The van der Waals surface area contributed by atoms with Crippen molar-refractivity contribution in [2.45, 2.75) is 305 Å². The summed E-state index contributed by atoms with van der Waals surface area (Å²) in [7, 11) is 0. The summed E-state index contributed by atoms with van der Waals surface area (Å²) in [5, 5.41) is 113. The van der Waals surface area contributed by atoms with Crippen molar-refractivity contribution in [3.05, 3.63) is 12.2 Å². The lowest BCUT2D eigenvalue weighted by Crippen LogP contribution is -2.68. The van der Waals surface area contributed by atoms with Crippen LogP contribution in [0.2, 0.25) is 0 Å². The summed E-state index contributed by atoms with van der Waals surface area (Å²) in [4.78, 5) is 25.3. The number of hydrogen-bond acceptors (Lipinski definition) is 18. The molecule has 3 rings (SSSR count). The summed E-state index contributed by atoms with van der Waals surface area (Å²) in [5.74, 6) is -0.924. The molecule has 76 heavy (non-hydrogen) atoms. The largest absolute Gasteiger partial charge is 0.394 e. The molecule has 20 nitrogen and oxygen atoms in total. The van der Waals surface area contributed by atoms with Crippen molar-refractivity contribution in [3.63, 3.8) is 0 Å². The molecule has 17 atom stereocenters. The number of amides is 2. The van der Waals surface area contributed by atoms with E-state index in [2.05, 4.69) is 24.5 Å². The van der Waals surface area contributed by atoms with Gasteiger partial charge < -0.3 is 90.1 Å². The van der Waals surface area contributed by atoms with E-state index in [0.29, 0.717) is 6.42 Å². The van der Waals surface area contributed by atoms with Crippen molar-refractivity contribution in [2.75, 3.05) is 26.4 Å². The summed E-state index contributed by atoms with van der Waals surface area (Å²) < 4.78 is 34.8. The lowest BCUT2D eigenvalue weighted by molar-refractivity contribution is -0.374. The Balaban J connectivity index is 1.56. The van der Waals surface area contributed by atoms with Gasteiger partial charge in [0.1, 0.15) is 73.2 Å². The fourth-order valence-corrected chi connectivity index (χ4v) is 10.2. The van der Waals surface area contributed by atoms with E-state index in [4.69, 9.17) is 28.4 Å². The number of carbonyl (C=O) groups excluding carboxylic acids is 2. The number of rotatable bonds is 42. The maximum Gasteiger partial charge on any atom is 0.220 e. The molecule has 0 aromatic rings. The number of carbonyl (C=O) groups is 2. The fraction of sp³-hybridized carbons (Fsp3) is 0.929. The molecule has 3 saturated heterocycles. The van der Waals surface area contributed by atoms with Crippen LogP contribution in [-0.4, -0.2) is 194 Å². The third-order valence-corrected chi connectivity index (χ3v) is 15.0. The van der Waals surface area contributed by atoms with Crippen LogP contribution in [0.15, 0.2) is 12.2 Å². The first-order chi connectivity index (χ1) is 36.7. The first-order valence-electron chi connectivity index (χ1n) is 29.4. The van der Waals surface area contributed by atoms with Gasteiger partial charge in [0.25, 0.3) is 0 Å². The van der Waals surface area contributed by atoms with Crippen molar-refractivity contribution in [2.24, 2.45) is 0 Å². The van der Waals surface area contributed by atoms with Crippen LogP contribution in [-0.2, 0) is 38.0 Å². The second kappa shape index (κ2) is 40.3. The molecule has 0 bridgehead atoms. The fourth-order valence-electron chi connectivity index (χ4n) is 10.2. The zero-order valence-electron chi connectivity index (χ0n) is 46.3. The zero-order chi connectivity index (χ0) is 55.7. The maximum absolute atomic E-state index is 13.3. The highest BCUT2D eigenvalue weighted by molar-refractivity contribution is 5.76. The van der Waals surface area contributed by atoms with Crippen LogP contribution in [0, 0.1) is 0 Å². The Bertz CT molecular complexity index is 1520. The smallest absolute Gasteiger partial charge is 0.220 e. The van der Waals surface area contributed by atoms with Gasteiger partial charge in [-0.25, -0.2) is 0 Å². The van der Waals surface area contributed by atoms with Gasteiger partial charge in [-0.05, 0) is 19.3 Å². The molecule has 0 saturated carbocycles. The minimum absolute atomic E-state index is 0.244. The Kier molecular flexibility index (Phi) is 36.2. The maximum atomic E-state index is 13.3. The second-order valence-corrected chi connectivity index (χ2v) is 21.5. The Morgan fingerprint density at radius 3 is 1.38 bits per heavy atom. The molecule has 3 fully saturated rings. The van der Waals surface area contributed by atoms with E-state index < -0.39 is 130 Å². The van der Waals surface area contributed by atoms with Gasteiger partial charge in [0, 0.05) is 13.3 Å². The first kappa shape index (κ1) is 68.3. The van der Waals surface area contributed by atoms with Crippen LogP contribution in [0.1, 0.15) is 201 Å². The summed E-state index contributed by atoms with van der Waals surface area (Å²) in [5.41, 5.74) is 0. The third-order valence-electron chi connectivity index (χ3n) is 15.0. The van der Waals surface area contributed by atoms with E-state index in [1.807, 2.05) is 6.08 Å². The predicted octanol–water partition coefficient (Wildman–Crippen LogP) is 3.96. The van der Waals surface area contributed by atoms with Crippen LogP contribution in [0.5, 0.6) is 0 Å². The molecule has 20 heteroatoms. The van der Waals surface area contributed by atoms with Crippen molar-refractivity contribution < 1.29 is 89.1 Å². The number of nitrogens with one attached hydrogen (secondary N) is 2. The molecule has 0 aromatic heterocycles. The molecule has 0 aromatic carbocycles. The highest BCUT2D eigenvalue weighted by atomic mass is 16.8. The molecule has 0 spiro atoms. The Labute approximate surface area is 453 Å². The van der Waals surface area contributed by atoms with E-state index in [-0.39, 0.29) is 18.9 Å². The van der Waals surface area contributed by atoms with Gasteiger partial charge in [-0.3, -0.25) is 9.59 Å². The number of aliphatic hydroxyl groups is 10. The number of aliphatic hydroxyl groups excluding tert-OH is 10. The van der Waals surface area contributed by atoms with E-state index in [1.165, 1.54) is 122 Å². The highest BCUT2D eigenvalue weighted by Crippen LogP contribution is 2.33. The van der Waals surface area contributed by atoms with Gasteiger partial charge in [-0.15, -0.1) is 0 Å². The van der Waals surface area contributed by atoms with Crippen molar-refractivity contribution in [3.8, 4) is 0 Å². The molecule has 0 aliphatic carbocycles. The lowest BCUT2D eigenvalue weighted by Gasteiger charge is -2.48. The third kappa shape index (κ3) is 24.8. The number of ether oxygens (including phenoxy) is 6. The molecule has 3 heterocycles. The van der Waals surface area contributed by atoms with E-state index in [9.17, 15) is 60.7 Å². The van der Waals surface area contributed by atoms with Gasteiger partial charge >= 0.3 is 0 Å². The second-order valence-electron chi connectivity index (χ2n) is 21.5. The summed E-state index contributed by atoms with van der Waals surface area (Å²) in [6.45, 7) is 2.82. The van der Waals surface area contributed by atoms with Crippen LogP contribution in [0.25, 0.3) is 0 Å². The van der Waals surface area contributed by atoms with Crippen molar-refractivity contribution in [1.29, 1.82) is 0 Å².